The van der Waals surface area contributed by atoms with Crippen LogP contribution in [0.2, 0.25) is 0 Å². The number of hydrogen-bond acceptors (Lipinski definition) is 6. The van der Waals surface area contributed by atoms with Crippen LogP contribution in [0.4, 0.5) is 0 Å². The molecule has 0 radical (unpaired) electrons. The van der Waals surface area contributed by atoms with Gasteiger partial charge in [-0.15, -0.1) is 11.3 Å². The summed E-state index contributed by atoms with van der Waals surface area (Å²) in [6.07, 6.45) is 2.48. The van der Waals surface area contributed by atoms with Crippen LogP contribution in [0, 0.1) is 11.8 Å². The second kappa shape index (κ2) is 7.70. The Morgan fingerprint density at radius 3 is 2.73 bits per heavy atom. The van der Waals surface area contributed by atoms with E-state index < -0.39 is 17.4 Å². The molecule has 2 saturated heterocycles. The highest BCUT2D eigenvalue weighted by molar-refractivity contribution is 7.98. The lowest BCUT2D eigenvalue weighted by molar-refractivity contribution is -0.734. The molecule has 0 aromatic carbocycles. The van der Waals surface area contributed by atoms with Crippen molar-refractivity contribution in [3.63, 3.8) is 0 Å². The molecule has 2 fully saturated rings. The molecule has 0 saturated carbocycles. The van der Waals surface area contributed by atoms with Crippen LogP contribution in [0.3, 0.4) is 0 Å². The molecule has 1 aromatic rings. The first-order valence-electron chi connectivity index (χ1n) is 8.92. The van der Waals surface area contributed by atoms with E-state index in [0.29, 0.717) is 13.0 Å². The minimum atomic E-state index is -1.03. The summed E-state index contributed by atoms with van der Waals surface area (Å²) in [5.41, 5.74) is -1.03. The van der Waals surface area contributed by atoms with E-state index in [0.717, 1.165) is 10.6 Å². The zero-order valence-corrected chi connectivity index (χ0v) is 16.9. The highest BCUT2D eigenvalue weighted by Gasteiger charge is 2.72. The lowest BCUT2D eigenvalue weighted by Gasteiger charge is -2.29. The largest absolute Gasteiger partial charge is 0.461 e. The van der Waals surface area contributed by atoms with Crippen molar-refractivity contribution in [3.8, 4) is 0 Å². The number of quaternary nitrogens is 1. The summed E-state index contributed by atoms with van der Waals surface area (Å²) in [4.78, 5) is 41.5. The molecule has 2 aliphatic rings. The molecule has 142 valence electrons. The number of carbonyl (C=O) groups excluding carboxylic acids is 3. The number of nitrogens with zero attached hydrogens (tertiary/aromatic N) is 1. The van der Waals surface area contributed by atoms with Crippen LogP contribution < -0.4 is 5.32 Å². The van der Waals surface area contributed by atoms with Gasteiger partial charge in [-0.1, -0.05) is 6.07 Å². The van der Waals surface area contributed by atoms with Crippen molar-refractivity contribution >= 4 is 40.9 Å². The van der Waals surface area contributed by atoms with Crippen molar-refractivity contribution in [1.29, 1.82) is 0 Å². The van der Waals surface area contributed by atoms with Crippen LogP contribution in [-0.2, 0) is 19.1 Å². The summed E-state index contributed by atoms with van der Waals surface area (Å²) < 4.78 is 5.39. The predicted molar refractivity (Wildman–Crippen MR) is 101 cm³/mol. The van der Waals surface area contributed by atoms with E-state index in [1.807, 2.05) is 29.1 Å². The molecular weight excluding hydrogens is 372 g/mol. The number of likely N-dealkylation sites (tertiary alicyclic amines) is 1. The molecule has 3 rings (SSSR count). The van der Waals surface area contributed by atoms with Crippen molar-refractivity contribution in [2.75, 3.05) is 25.2 Å². The fraction of sp³-hybridized carbons (Fsp3) is 0.611. The first kappa shape index (κ1) is 19.4. The fourth-order valence-electron chi connectivity index (χ4n) is 4.31. The maximum Gasteiger partial charge on any atom is 0.368 e. The first-order chi connectivity index (χ1) is 12.5. The van der Waals surface area contributed by atoms with Gasteiger partial charge in [0.15, 0.2) is 0 Å². The molecule has 0 bridgehead atoms. The molecular formula is C18H25N2O4S2+. The molecule has 2 amide bonds. The van der Waals surface area contributed by atoms with Crippen LogP contribution in [0.1, 0.15) is 31.2 Å². The van der Waals surface area contributed by atoms with Gasteiger partial charge in [0.05, 0.1) is 11.5 Å². The normalized spacial score (nSPS) is 30.7. The van der Waals surface area contributed by atoms with Crippen molar-refractivity contribution in [2.45, 2.75) is 31.8 Å². The van der Waals surface area contributed by atoms with Gasteiger partial charge in [-0.3, -0.25) is 14.5 Å². The van der Waals surface area contributed by atoms with Crippen LogP contribution in [0.25, 0.3) is 0 Å². The third kappa shape index (κ3) is 2.88. The molecule has 6 nitrogen and oxygen atoms in total. The third-order valence-corrected chi connectivity index (χ3v) is 7.01. The first-order valence-corrected chi connectivity index (χ1v) is 11.2. The van der Waals surface area contributed by atoms with Crippen LogP contribution in [0.5, 0.6) is 0 Å². The molecule has 0 spiro atoms. The molecule has 0 aliphatic carbocycles. The van der Waals surface area contributed by atoms with Gasteiger partial charge < -0.3 is 10.1 Å². The lowest BCUT2D eigenvalue weighted by Crippen LogP contribution is -2.98. The van der Waals surface area contributed by atoms with Gasteiger partial charge in [-0.2, -0.15) is 11.8 Å². The summed E-state index contributed by atoms with van der Waals surface area (Å²) in [5, 5.41) is 3.91. The standard InChI is InChI=1S/C18H24N2O4S2/c1-4-20-15(21)12-13(16(20)22)18(8-10-25-3,17(23)24-5-2)19-14(12)11-7-6-9-26-11/h6-7,9,12-14,19H,4-5,8,10H2,1-3H3/p+1/t12-,13+,14-,18-/m1/s1. The topological polar surface area (TPSA) is 80.3 Å². The predicted octanol–water partition coefficient (Wildman–Crippen LogP) is 1.04. The Kier molecular flexibility index (Phi) is 5.74. The number of carbonyl (C=O) groups is 3. The van der Waals surface area contributed by atoms with Gasteiger partial charge in [0, 0.05) is 13.0 Å². The third-order valence-electron chi connectivity index (χ3n) is 5.42. The molecule has 4 atom stereocenters. The van der Waals surface area contributed by atoms with Crippen molar-refractivity contribution < 1.29 is 24.4 Å². The number of imide groups is 1. The summed E-state index contributed by atoms with van der Waals surface area (Å²) in [6.45, 7) is 4.16. The number of hydrogen-bond donors (Lipinski definition) is 1. The molecule has 26 heavy (non-hydrogen) atoms. The number of esters is 1. The second-order valence-electron chi connectivity index (χ2n) is 6.64. The van der Waals surface area contributed by atoms with Gasteiger partial charge in [-0.05, 0) is 37.3 Å². The second-order valence-corrected chi connectivity index (χ2v) is 8.60. The average molecular weight is 398 g/mol. The SMILES string of the molecule is CCOC(=O)[C@]1(CCSC)[NH2+][C@H](c2cccs2)[C@@H]2C(=O)N(CC)C(=O)[C@H]21. The van der Waals surface area contributed by atoms with E-state index >= 15 is 0 Å². The number of rotatable bonds is 7. The Hall–Kier alpha value is -1.38. The molecule has 3 heterocycles. The zero-order valence-electron chi connectivity index (χ0n) is 15.3. The van der Waals surface area contributed by atoms with Gasteiger partial charge in [-0.25, -0.2) is 4.79 Å². The summed E-state index contributed by atoms with van der Waals surface area (Å²) in [5.74, 6) is -1.20. The van der Waals surface area contributed by atoms with Crippen LogP contribution in [-0.4, -0.2) is 53.4 Å². The van der Waals surface area contributed by atoms with Gasteiger partial charge in [0.2, 0.25) is 17.4 Å². The number of ether oxygens (including phenoxy) is 1. The number of thiophene rings is 1. The van der Waals surface area contributed by atoms with Crippen molar-refractivity contribution in [1.82, 2.24) is 4.90 Å². The molecule has 2 N–H and O–H groups in total. The molecule has 1 aromatic heterocycles. The summed E-state index contributed by atoms with van der Waals surface area (Å²) in [7, 11) is 0. The van der Waals surface area contributed by atoms with Crippen LogP contribution >= 0.6 is 23.1 Å². The summed E-state index contributed by atoms with van der Waals surface area (Å²) >= 11 is 3.19. The van der Waals surface area contributed by atoms with E-state index in [9.17, 15) is 14.4 Å². The maximum absolute atomic E-state index is 13.1. The maximum atomic E-state index is 13.1. The number of nitrogens with two attached hydrogens (primary N) is 1. The Balaban J connectivity index is 2.10. The van der Waals surface area contributed by atoms with E-state index in [-0.39, 0.29) is 30.4 Å². The quantitative estimate of drug-likeness (QED) is 0.549. The Bertz CT molecular complexity index is 693. The fourth-order valence-corrected chi connectivity index (χ4v) is 5.69. The zero-order chi connectivity index (χ0) is 18.9. The van der Waals surface area contributed by atoms with E-state index in [4.69, 9.17) is 4.74 Å². The smallest absolute Gasteiger partial charge is 0.368 e. The molecule has 8 heteroatoms. The average Bonchev–Trinajstić information content (AvgIpc) is 3.31. The minimum absolute atomic E-state index is 0.160. The number of thioether (sulfide) groups is 1. The van der Waals surface area contributed by atoms with Crippen LogP contribution in [0.15, 0.2) is 17.5 Å². The minimum Gasteiger partial charge on any atom is -0.461 e. The summed E-state index contributed by atoms with van der Waals surface area (Å²) in [6, 6.07) is 3.69. The molecule has 0 unspecified atom stereocenters. The lowest BCUT2D eigenvalue weighted by atomic mass is 9.78. The van der Waals surface area contributed by atoms with E-state index in [1.54, 1.807) is 36.9 Å². The van der Waals surface area contributed by atoms with E-state index in [2.05, 4.69) is 0 Å². The highest BCUT2D eigenvalue weighted by Crippen LogP contribution is 2.46. The van der Waals surface area contributed by atoms with Gasteiger partial charge >= 0.3 is 5.97 Å². The van der Waals surface area contributed by atoms with Gasteiger partial charge in [0.1, 0.15) is 17.9 Å². The Labute approximate surface area is 161 Å². The Morgan fingerprint density at radius 1 is 1.38 bits per heavy atom. The van der Waals surface area contributed by atoms with Gasteiger partial charge in [0.25, 0.3) is 0 Å². The van der Waals surface area contributed by atoms with Crippen molar-refractivity contribution in [2.24, 2.45) is 11.8 Å². The monoisotopic (exact) mass is 397 g/mol. The Morgan fingerprint density at radius 2 is 2.15 bits per heavy atom. The molecule has 2 aliphatic heterocycles. The highest BCUT2D eigenvalue weighted by atomic mass is 32.2. The number of amides is 2. The van der Waals surface area contributed by atoms with E-state index in [1.165, 1.54) is 4.90 Å². The number of fused-ring (bicyclic) bond motifs is 1. The van der Waals surface area contributed by atoms with Crippen molar-refractivity contribution in [3.05, 3.63) is 22.4 Å².